The van der Waals surface area contributed by atoms with Crippen LogP contribution in [0.25, 0.3) is 0 Å². The Balaban J connectivity index is 2.76. The first-order chi connectivity index (χ1) is 8.86. The first kappa shape index (κ1) is 15.7. The molecule has 0 saturated carbocycles. The summed E-state index contributed by atoms with van der Waals surface area (Å²) in [6.45, 7) is 5.20. The van der Waals surface area contributed by atoms with Gasteiger partial charge in [0, 0.05) is 11.6 Å². The molecule has 0 aliphatic heterocycles. The number of sulfonamides is 1. The van der Waals surface area contributed by atoms with Crippen LogP contribution in [0, 0.1) is 0 Å². The molecule has 2 N–H and O–H groups in total. The molecule has 19 heavy (non-hydrogen) atoms. The highest BCUT2D eigenvalue weighted by Gasteiger charge is 2.21. The molecule has 1 aromatic rings. The Hall–Kier alpha value is -1.37. The van der Waals surface area contributed by atoms with Crippen molar-refractivity contribution in [1.82, 2.24) is 10.0 Å². The Morgan fingerprint density at radius 2 is 2.00 bits per heavy atom. The number of rotatable bonds is 6. The van der Waals surface area contributed by atoms with E-state index in [2.05, 4.69) is 16.6 Å². The Bertz CT molecular complexity index is 555. The van der Waals surface area contributed by atoms with Crippen LogP contribution in [0.3, 0.4) is 0 Å². The van der Waals surface area contributed by atoms with E-state index in [0.29, 0.717) is 5.02 Å². The molecule has 0 radical (unpaired) electrons. The van der Waals surface area contributed by atoms with E-state index in [9.17, 15) is 13.2 Å². The molecule has 0 saturated heterocycles. The second-order valence-corrected chi connectivity index (χ2v) is 5.98. The van der Waals surface area contributed by atoms with Gasteiger partial charge in [-0.2, -0.15) is 4.72 Å². The largest absolute Gasteiger partial charge is 0.351 e. The topological polar surface area (TPSA) is 75.3 Å². The summed E-state index contributed by atoms with van der Waals surface area (Å²) in [4.78, 5) is 11.6. The third-order valence-electron chi connectivity index (χ3n) is 2.27. The zero-order chi connectivity index (χ0) is 14.5. The van der Waals surface area contributed by atoms with Gasteiger partial charge in [-0.3, -0.25) is 4.79 Å². The third kappa shape index (κ3) is 4.66. The van der Waals surface area contributed by atoms with Gasteiger partial charge in [-0.25, -0.2) is 8.42 Å². The Kier molecular flexibility index (Phi) is 5.53. The highest BCUT2D eigenvalue weighted by molar-refractivity contribution is 7.89. The van der Waals surface area contributed by atoms with Crippen LogP contribution in [0.1, 0.15) is 6.92 Å². The molecule has 104 valence electrons. The van der Waals surface area contributed by atoms with Crippen molar-refractivity contribution >= 4 is 27.5 Å². The van der Waals surface area contributed by atoms with Crippen LogP contribution in [0.5, 0.6) is 0 Å². The standard InChI is InChI=1S/C12H15ClN2O3S/c1-3-8-14-12(16)9(2)15-19(17,18)11-6-4-10(13)5-7-11/h3-7,9,15H,1,8H2,2H3,(H,14,16)/t9-/m1/s1. The maximum absolute atomic E-state index is 12.0. The minimum atomic E-state index is -3.74. The molecular formula is C12H15ClN2O3S. The summed E-state index contributed by atoms with van der Waals surface area (Å²) in [5.41, 5.74) is 0. The Labute approximate surface area is 117 Å². The van der Waals surface area contributed by atoms with Crippen molar-refractivity contribution < 1.29 is 13.2 Å². The summed E-state index contributed by atoms with van der Waals surface area (Å²) in [5, 5.41) is 2.95. The van der Waals surface area contributed by atoms with E-state index in [-0.39, 0.29) is 11.4 Å². The predicted octanol–water partition coefficient (Wildman–Crippen LogP) is 1.31. The summed E-state index contributed by atoms with van der Waals surface area (Å²) in [5.74, 6) is -0.419. The van der Waals surface area contributed by atoms with Crippen LogP contribution in [0.4, 0.5) is 0 Å². The molecule has 1 rings (SSSR count). The summed E-state index contributed by atoms with van der Waals surface area (Å²) in [7, 11) is -3.74. The van der Waals surface area contributed by atoms with Crippen molar-refractivity contribution in [2.75, 3.05) is 6.54 Å². The lowest BCUT2D eigenvalue weighted by Gasteiger charge is -2.13. The van der Waals surface area contributed by atoms with Crippen molar-refractivity contribution in [3.05, 3.63) is 41.9 Å². The number of halogens is 1. The number of amides is 1. The molecule has 0 spiro atoms. The molecule has 1 amide bonds. The number of nitrogens with one attached hydrogen (secondary N) is 2. The minimum absolute atomic E-state index is 0.0558. The minimum Gasteiger partial charge on any atom is -0.351 e. The fourth-order valence-electron chi connectivity index (χ4n) is 1.29. The van der Waals surface area contributed by atoms with E-state index < -0.39 is 22.0 Å². The molecule has 0 bridgehead atoms. The predicted molar refractivity (Wildman–Crippen MR) is 74.4 cm³/mol. The van der Waals surface area contributed by atoms with Gasteiger partial charge in [0.1, 0.15) is 0 Å². The molecule has 0 aliphatic rings. The maximum Gasteiger partial charge on any atom is 0.241 e. The zero-order valence-electron chi connectivity index (χ0n) is 10.4. The smallest absolute Gasteiger partial charge is 0.241 e. The highest BCUT2D eigenvalue weighted by atomic mass is 35.5. The van der Waals surface area contributed by atoms with E-state index in [0.717, 1.165) is 0 Å². The molecule has 0 fully saturated rings. The summed E-state index contributed by atoms with van der Waals surface area (Å²) >= 11 is 5.69. The second kappa shape index (κ2) is 6.70. The molecule has 1 atom stereocenters. The van der Waals surface area contributed by atoms with Crippen LogP contribution < -0.4 is 10.0 Å². The van der Waals surface area contributed by atoms with Gasteiger partial charge in [-0.05, 0) is 31.2 Å². The average molecular weight is 303 g/mol. The number of carbonyl (C=O) groups excluding carboxylic acids is 1. The van der Waals surface area contributed by atoms with Crippen molar-refractivity contribution in [3.8, 4) is 0 Å². The molecule has 0 aliphatic carbocycles. The molecule has 5 nitrogen and oxygen atoms in total. The first-order valence-electron chi connectivity index (χ1n) is 5.53. The van der Waals surface area contributed by atoms with Crippen molar-refractivity contribution in [2.45, 2.75) is 17.9 Å². The Morgan fingerprint density at radius 3 is 2.53 bits per heavy atom. The van der Waals surface area contributed by atoms with Gasteiger partial charge in [0.25, 0.3) is 0 Å². The van der Waals surface area contributed by atoms with Crippen LogP contribution in [-0.4, -0.2) is 26.9 Å². The van der Waals surface area contributed by atoms with Gasteiger partial charge in [0.2, 0.25) is 15.9 Å². The molecular weight excluding hydrogens is 288 g/mol. The van der Waals surface area contributed by atoms with Crippen LogP contribution in [-0.2, 0) is 14.8 Å². The fourth-order valence-corrected chi connectivity index (χ4v) is 2.62. The van der Waals surface area contributed by atoms with Crippen LogP contribution in [0.2, 0.25) is 5.02 Å². The quantitative estimate of drug-likeness (QED) is 0.778. The van der Waals surface area contributed by atoms with Crippen molar-refractivity contribution in [2.24, 2.45) is 0 Å². The number of carbonyl (C=O) groups is 1. The van der Waals surface area contributed by atoms with E-state index >= 15 is 0 Å². The monoisotopic (exact) mass is 302 g/mol. The third-order valence-corrected chi connectivity index (χ3v) is 4.08. The molecule has 0 aromatic heterocycles. The first-order valence-corrected chi connectivity index (χ1v) is 7.39. The van der Waals surface area contributed by atoms with Crippen LogP contribution in [0.15, 0.2) is 41.8 Å². The van der Waals surface area contributed by atoms with E-state index in [1.807, 2.05) is 0 Å². The lowest BCUT2D eigenvalue weighted by molar-refractivity contribution is -0.122. The Morgan fingerprint density at radius 1 is 1.42 bits per heavy atom. The van der Waals surface area contributed by atoms with Gasteiger partial charge in [0.15, 0.2) is 0 Å². The SMILES string of the molecule is C=CCNC(=O)[C@@H](C)NS(=O)(=O)c1ccc(Cl)cc1. The van der Waals surface area contributed by atoms with Crippen molar-refractivity contribution in [1.29, 1.82) is 0 Å². The van der Waals surface area contributed by atoms with E-state index in [4.69, 9.17) is 11.6 Å². The highest BCUT2D eigenvalue weighted by Crippen LogP contribution is 2.14. The normalized spacial score (nSPS) is 12.7. The maximum atomic E-state index is 12.0. The summed E-state index contributed by atoms with van der Waals surface area (Å²) in [6.07, 6.45) is 1.51. The number of hydrogen-bond donors (Lipinski definition) is 2. The van der Waals surface area contributed by atoms with E-state index in [1.165, 1.54) is 37.3 Å². The molecule has 7 heteroatoms. The lowest BCUT2D eigenvalue weighted by Crippen LogP contribution is -2.44. The molecule has 0 unspecified atom stereocenters. The number of hydrogen-bond acceptors (Lipinski definition) is 3. The van der Waals surface area contributed by atoms with Crippen LogP contribution >= 0.6 is 11.6 Å². The van der Waals surface area contributed by atoms with Gasteiger partial charge in [-0.1, -0.05) is 17.7 Å². The van der Waals surface area contributed by atoms with Gasteiger partial charge >= 0.3 is 0 Å². The summed E-state index contributed by atoms with van der Waals surface area (Å²) in [6, 6.07) is 4.82. The molecule has 1 aromatic carbocycles. The fraction of sp³-hybridized carbons (Fsp3) is 0.250. The van der Waals surface area contributed by atoms with Gasteiger partial charge < -0.3 is 5.32 Å². The zero-order valence-corrected chi connectivity index (χ0v) is 12.0. The summed E-state index contributed by atoms with van der Waals surface area (Å²) < 4.78 is 26.2. The van der Waals surface area contributed by atoms with Gasteiger partial charge in [0.05, 0.1) is 10.9 Å². The van der Waals surface area contributed by atoms with Crippen molar-refractivity contribution in [3.63, 3.8) is 0 Å². The lowest BCUT2D eigenvalue weighted by atomic mass is 10.3. The second-order valence-electron chi connectivity index (χ2n) is 3.83. The average Bonchev–Trinajstić information content (AvgIpc) is 2.35. The number of benzene rings is 1. The van der Waals surface area contributed by atoms with E-state index in [1.54, 1.807) is 0 Å². The van der Waals surface area contributed by atoms with Gasteiger partial charge in [-0.15, -0.1) is 6.58 Å². The molecule has 0 heterocycles.